The lowest BCUT2D eigenvalue weighted by Gasteiger charge is -2.12. The average molecular weight is 309 g/mol. The number of amides is 1. The molecule has 2 aromatic rings. The first-order valence-electron chi connectivity index (χ1n) is 6.25. The van der Waals surface area contributed by atoms with Crippen LogP contribution in [0, 0.1) is 6.92 Å². The summed E-state index contributed by atoms with van der Waals surface area (Å²) in [7, 11) is -3.72. The van der Waals surface area contributed by atoms with Gasteiger partial charge in [-0.2, -0.15) is 4.98 Å². The van der Waals surface area contributed by atoms with Crippen molar-refractivity contribution >= 4 is 21.4 Å². The summed E-state index contributed by atoms with van der Waals surface area (Å²) < 4.78 is 29.0. The van der Waals surface area contributed by atoms with E-state index >= 15 is 0 Å². The fourth-order valence-electron chi connectivity index (χ4n) is 1.63. The van der Waals surface area contributed by atoms with E-state index in [0.29, 0.717) is 5.69 Å². The molecule has 1 amide bonds. The van der Waals surface area contributed by atoms with E-state index in [4.69, 9.17) is 4.52 Å². The van der Waals surface area contributed by atoms with E-state index in [-0.39, 0.29) is 11.7 Å². The Hall–Kier alpha value is -2.22. The van der Waals surface area contributed by atoms with E-state index in [0.717, 1.165) is 0 Å². The number of hydrogen-bond acceptors (Lipinski definition) is 6. The van der Waals surface area contributed by atoms with Crippen molar-refractivity contribution in [2.75, 3.05) is 5.32 Å². The molecular formula is C13H15N3O4S. The van der Waals surface area contributed by atoms with Crippen LogP contribution in [-0.4, -0.2) is 29.7 Å². The second-order valence-electron chi connectivity index (χ2n) is 4.53. The lowest BCUT2D eigenvalue weighted by atomic mass is 10.3. The molecule has 21 heavy (non-hydrogen) atoms. The van der Waals surface area contributed by atoms with Gasteiger partial charge in [-0.25, -0.2) is 8.42 Å². The highest BCUT2D eigenvalue weighted by Gasteiger charge is 2.29. The number of anilines is 1. The fraction of sp³-hybridized carbons (Fsp3) is 0.308. The standard InChI is InChI=1S/C13H15N3O4S/c1-9(13(17)15-11-6-4-3-5-7-11)21(18,19)8-12-14-10(2)20-16-12/h3-7,9H,8H2,1-2H3,(H,15,17)/t9-/m1/s1. The first-order valence-corrected chi connectivity index (χ1v) is 7.97. The molecule has 7 nitrogen and oxygen atoms in total. The molecule has 0 saturated heterocycles. The van der Waals surface area contributed by atoms with Gasteiger partial charge in [-0.3, -0.25) is 4.79 Å². The molecule has 0 radical (unpaired) electrons. The molecule has 2 rings (SSSR count). The Morgan fingerprint density at radius 3 is 2.57 bits per heavy atom. The van der Waals surface area contributed by atoms with Crippen molar-refractivity contribution < 1.29 is 17.7 Å². The first-order chi connectivity index (χ1) is 9.88. The highest BCUT2D eigenvalue weighted by atomic mass is 32.2. The van der Waals surface area contributed by atoms with Gasteiger partial charge in [-0.05, 0) is 19.1 Å². The van der Waals surface area contributed by atoms with Gasteiger partial charge in [0.15, 0.2) is 15.7 Å². The molecule has 1 aromatic carbocycles. The van der Waals surface area contributed by atoms with Crippen LogP contribution in [0.3, 0.4) is 0 Å². The monoisotopic (exact) mass is 309 g/mol. The van der Waals surface area contributed by atoms with Crippen LogP contribution in [0.2, 0.25) is 0 Å². The van der Waals surface area contributed by atoms with E-state index in [1.54, 1.807) is 37.3 Å². The fourth-order valence-corrected chi connectivity index (χ4v) is 2.75. The van der Waals surface area contributed by atoms with Gasteiger partial charge in [0.25, 0.3) is 0 Å². The Balaban J connectivity index is 2.07. The lowest BCUT2D eigenvalue weighted by Crippen LogP contribution is -2.33. The molecule has 0 aliphatic carbocycles. The largest absolute Gasteiger partial charge is 0.340 e. The molecule has 8 heteroatoms. The third-order valence-corrected chi connectivity index (χ3v) is 4.80. The SMILES string of the molecule is Cc1nc(CS(=O)(=O)[C@H](C)C(=O)Nc2ccccc2)no1. The average Bonchev–Trinajstić information content (AvgIpc) is 2.83. The molecule has 0 unspecified atom stereocenters. The Bertz CT molecular complexity index is 725. The van der Waals surface area contributed by atoms with Crippen LogP contribution < -0.4 is 5.32 Å². The summed E-state index contributed by atoms with van der Waals surface area (Å²) in [5.41, 5.74) is 0.542. The van der Waals surface area contributed by atoms with Crippen molar-refractivity contribution in [1.82, 2.24) is 10.1 Å². The zero-order valence-electron chi connectivity index (χ0n) is 11.6. The number of carbonyl (C=O) groups excluding carboxylic acids is 1. The molecule has 0 aliphatic rings. The molecular weight excluding hydrogens is 294 g/mol. The summed E-state index contributed by atoms with van der Waals surface area (Å²) >= 11 is 0. The van der Waals surface area contributed by atoms with Crippen molar-refractivity contribution in [1.29, 1.82) is 0 Å². The number of carbonyl (C=O) groups is 1. The minimum absolute atomic E-state index is 0.0480. The van der Waals surface area contributed by atoms with Crippen molar-refractivity contribution in [3.63, 3.8) is 0 Å². The van der Waals surface area contributed by atoms with E-state index < -0.39 is 26.7 Å². The maximum Gasteiger partial charge on any atom is 0.242 e. The van der Waals surface area contributed by atoms with Crippen LogP contribution >= 0.6 is 0 Å². The van der Waals surface area contributed by atoms with Gasteiger partial charge in [0.1, 0.15) is 11.0 Å². The summed E-state index contributed by atoms with van der Waals surface area (Å²) in [4.78, 5) is 15.8. The summed E-state index contributed by atoms with van der Waals surface area (Å²) in [6.07, 6.45) is 0. The molecule has 0 fully saturated rings. The molecule has 0 bridgehead atoms. The van der Waals surface area contributed by atoms with Crippen molar-refractivity contribution in [2.24, 2.45) is 0 Å². The smallest absolute Gasteiger partial charge is 0.242 e. The van der Waals surface area contributed by atoms with Crippen LogP contribution in [0.4, 0.5) is 5.69 Å². The Morgan fingerprint density at radius 2 is 2.00 bits per heavy atom. The summed E-state index contributed by atoms with van der Waals surface area (Å²) in [5, 5.41) is 4.87. The quantitative estimate of drug-likeness (QED) is 0.893. The zero-order valence-corrected chi connectivity index (χ0v) is 12.4. The molecule has 1 aromatic heterocycles. The highest BCUT2D eigenvalue weighted by Crippen LogP contribution is 2.12. The number of rotatable bonds is 5. The second kappa shape index (κ2) is 6.04. The summed E-state index contributed by atoms with van der Waals surface area (Å²) in [6, 6.07) is 8.65. The number of para-hydroxylation sites is 1. The molecule has 0 spiro atoms. The molecule has 1 atom stereocenters. The highest BCUT2D eigenvalue weighted by molar-refractivity contribution is 7.92. The van der Waals surface area contributed by atoms with Gasteiger partial charge in [-0.1, -0.05) is 23.4 Å². The van der Waals surface area contributed by atoms with Gasteiger partial charge in [0.2, 0.25) is 11.8 Å². The Kier molecular flexibility index (Phi) is 4.37. The number of aromatic nitrogens is 2. The second-order valence-corrected chi connectivity index (χ2v) is 6.86. The third-order valence-electron chi connectivity index (χ3n) is 2.85. The molecule has 0 saturated carbocycles. The molecule has 1 N–H and O–H groups in total. The van der Waals surface area contributed by atoms with Crippen LogP contribution in [0.25, 0.3) is 0 Å². The predicted molar refractivity (Wildman–Crippen MR) is 76.2 cm³/mol. The lowest BCUT2D eigenvalue weighted by molar-refractivity contribution is -0.115. The molecule has 1 heterocycles. The van der Waals surface area contributed by atoms with Crippen molar-refractivity contribution in [3.8, 4) is 0 Å². The van der Waals surface area contributed by atoms with Gasteiger partial charge >= 0.3 is 0 Å². The van der Waals surface area contributed by atoms with Crippen LogP contribution in [0.1, 0.15) is 18.6 Å². The molecule has 0 aliphatic heterocycles. The minimum atomic E-state index is -3.72. The Morgan fingerprint density at radius 1 is 1.33 bits per heavy atom. The minimum Gasteiger partial charge on any atom is -0.340 e. The maximum atomic E-state index is 12.2. The van der Waals surface area contributed by atoms with E-state index in [2.05, 4.69) is 15.5 Å². The third kappa shape index (κ3) is 3.88. The van der Waals surface area contributed by atoms with E-state index in [1.165, 1.54) is 6.92 Å². The normalized spacial score (nSPS) is 12.9. The number of hydrogen-bond donors (Lipinski definition) is 1. The molecule has 112 valence electrons. The summed E-state index contributed by atoms with van der Waals surface area (Å²) in [6.45, 7) is 2.90. The maximum absolute atomic E-state index is 12.2. The topological polar surface area (TPSA) is 102 Å². The predicted octanol–water partition coefficient (Wildman–Crippen LogP) is 1.32. The number of sulfone groups is 1. The van der Waals surface area contributed by atoms with Crippen LogP contribution in [0.5, 0.6) is 0 Å². The van der Waals surface area contributed by atoms with E-state index in [1.807, 2.05) is 0 Å². The summed E-state index contributed by atoms with van der Waals surface area (Å²) in [5.74, 6) is -0.705. The van der Waals surface area contributed by atoms with Crippen molar-refractivity contribution in [3.05, 3.63) is 42.0 Å². The number of benzene rings is 1. The number of aryl methyl sites for hydroxylation is 1. The number of nitrogens with one attached hydrogen (secondary N) is 1. The number of nitrogens with zero attached hydrogens (tertiary/aromatic N) is 2. The van der Waals surface area contributed by atoms with Crippen LogP contribution in [0.15, 0.2) is 34.9 Å². The van der Waals surface area contributed by atoms with Gasteiger partial charge in [0.05, 0.1) is 0 Å². The van der Waals surface area contributed by atoms with Gasteiger partial charge in [-0.15, -0.1) is 0 Å². The zero-order chi connectivity index (χ0) is 15.5. The van der Waals surface area contributed by atoms with Crippen molar-refractivity contribution in [2.45, 2.75) is 24.9 Å². The van der Waals surface area contributed by atoms with E-state index in [9.17, 15) is 13.2 Å². The van der Waals surface area contributed by atoms with Gasteiger partial charge in [0, 0.05) is 12.6 Å². The Labute approximate surface area is 122 Å². The first kappa shape index (κ1) is 15.2. The van der Waals surface area contributed by atoms with Crippen LogP contribution in [-0.2, 0) is 20.4 Å². The van der Waals surface area contributed by atoms with Gasteiger partial charge < -0.3 is 9.84 Å².